The molecular formula is C7H11BrN2O. The summed E-state index contributed by atoms with van der Waals surface area (Å²) in [5.74, 6) is 1.20. The Morgan fingerprint density at radius 2 is 2.00 bits per heavy atom. The van der Waals surface area contributed by atoms with E-state index in [0.29, 0.717) is 5.82 Å². The fraction of sp³-hybridized carbons (Fsp3) is 0.571. The van der Waals surface area contributed by atoms with Crippen LogP contribution >= 0.6 is 15.9 Å². The van der Waals surface area contributed by atoms with Crippen LogP contribution in [0.15, 0.2) is 9.00 Å². The van der Waals surface area contributed by atoms with E-state index in [1.165, 1.54) is 0 Å². The molecule has 0 saturated carbocycles. The molecule has 0 saturated heterocycles. The van der Waals surface area contributed by atoms with E-state index in [1.54, 1.807) is 0 Å². The molecule has 1 aromatic heterocycles. The van der Waals surface area contributed by atoms with Crippen molar-refractivity contribution in [3.63, 3.8) is 0 Å². The molecule has 1 rings (SSSR count). The second kappa shape index (κ2) is 2.52. The first-order chi connectivity index (χ1) is 4.93. The van der Waals surface area contributed by atoms with Gasteiger partial charge in [-0.15, -0.1) is 0 Å². The molecular weight excluding hydrogens is 208 g/mol. The van der Waals surface area contributed by atoms with Gasteiger partial charge in [-0.3, -0.25) is 0 Å². The monoisotopic (exact) mass is 218 g/mol. The number of nitrogens with two attached hydrogens (primary N) is 1. The maximum atomic E-state index is 5.49. The molecule has 0 fully saturated rings. The van der Waals surface area contributed by atoms with Crippen LogP contribution in [0.3, 0.4) is 0 Å². The van der Waals surface area contributed by atoms with Crippen molar-refractivity contribution in [3.8, 4) is 0 Å². The molecule has 4 heteroatoms. The average molecular weight is 219 g/mol. The number of nitrogen functional groups attached to an aromatic ring is 1. The van der Waals surface area contributed by atoms with E-state index in [0.717, 1.165) is 10.2 Å². The van der Waals surface area contributed by atoms with Gasteiger partial charge in [0, 0.05) is 5.41 Å². The molecule has 0 aliphatic heterocycles. The number of nitrogens with zero attached hydrogens (tertiary/aromatic N) is 1. The van der Waals surface area contributed by atoms with Gasteiger partial charge in [-0.05, 0) is 15.9 Å². The predicted molar refractivity (Wildman–Crippen MR) is 47.3 cm³/mol. The Kier molecular flexibility index (Phi) is 1.96. The molecule has 0 amide bonds. The quantitative estimate of drug-likeness (QED) is 0.728. The third kappa shape index (κ3) is 1.56. The second-order valence-electron chi connectivity index (χ2n) is 3.46. The van der Waals surface area contributed by atoms with Crippen LogP contribution in [0.25, 0.3) is 0 Å². The number of aromatic nitrogens is 1. The summed E-state index contributed by atoms with van der Waals surface area (Å²) >= 11 is 3.30. The zero-order valence-corrected chi connectivity index (χ0v) is 8.40. The largest absolute Gasteiger partial charge is 0.380 e. The number of halogens is 1. The van der Waals surface area contributed by atoms with Crippen LogP contribution in [-0.2, 0) is 5.41 Å². The van der Waals surface area contributed by atoms with Crippen LogP contribution in [0.1, 0.15) is 26.5 Å². The summed E-state index contributed by atoms with van der Waals surface area (Å²) in [5, 5.41) is 3.64. The third-order valence-corrected chi connectivity index (χ3v) is 2.11. The number of hydrogen-bond acceptors (Lipinski definition) is 3. The highest BCUT2D eigenvalue weighted by Gasteiger charge is 2.24. The van der Waals surface area contributed by atoms with Crippen LogP contribution in [0.2, 0.25) is 0 Å². The minimum absolute atomic E-state index is 0.0521. The summed E-state index contributed by atoms with van der Waals surface area (Å²) < 4.78 is 5.81. The van der Waals surface area contributed by atoms with Gasteiger partial charge in [-0.25, -0.2) is 0 Å². The molecule has 11 heavy (non-hydrogen) atoms. The first-order valence-corrected chi connectivity index (χ1v) is 4.13. The van der Waals surface area contributed by atoms with Crippen molar-refractivity contribution < 1.29 is 4.52 Å². The summed E-state index contributed by atoms with van der Waals surface area (Å²) in [6, 6.07) is 0. The molecule has 62 valence electrons. The fourth-order valence-corrected chi connectivity index (χ4v) is 1.50. The lowest BCUT2D eigenvalue weighted by molar-refractivity contribution is 0.329. The molecule has 1 aromatic rings. The van der Waals surface area contributed by atoms with Gasteiger partial charge in [0.2, 0.25) is 0 Å². The first kappa shape index (κ1) is 8.59. The van der Waals surface area contributed by atoms with Crippen molar-refractivity contribution >= 4 is 21.7 Å². The van der Waals surface area contributed by atoms with Crippen molar-refractivity contribution in [2.24, 2.45) is 0 Å². The van der Waals surface area contributed by atoms with E-state index in [1.807, 2.05) is 20.8 Å². The SMILES string of the molecule is CC(C)(C)c1onc(N)c1Br. The van der Waals surface area contributed by atoms with E-state index < -0.39 is 0 Å². The highest BCUT2D eigenvalue weighted by molar-refractivity contribution is 9.10. The highest BCUT2D eigenvalue weighted by Crippen LogP contribution is 2.32. The summed E-state index contributed by atoms with van der Waals surface area (Å²) in [4.78, 5) is 0. The molecule has 0 bridgehead atoms. The second-order valence-corrected chi connectivity index (χ2v) is 4.25. The average Bonchev–Trinajstić information content (AvgIpc) is 2.11. The third-order valence-electron chi connectivity index (χ3n) is 1.34. The normalized spacial score (nSPS) is 12.0. The van der Waals surface area contributed by atoms with Gasteiger partial charge in [0.15, 0.2) is 11.6 Å². The number of rotatable bonds is 0. The van der Waals surface area contributed by atoms with Gasteiger partial charge in [0.1, 0.15) is 4.47 Å². The molecule has 0 radical (unpaired) electrons. The predicted octanol–water partition coefficient (Wildman–Crippen LogP) is 2.32. The standard InChI is InChI=1S/C7H11BrN2O/c1-7(2,3)5-4(8)6(9)10-11-5/h1-3H3,(H2,9,10). The summed E-state index contributed by atoms with van der Waals surface area (Å²) in [7, 11) is 0. The van der Waals surface area contributed by atoms with Crippen LogP contribution in [0.5, 0.6) is 0 Å². The van der Waals surface area contributed by atoms with Gasteiger partial charge in [-0.1, -0.05) is 25.9 Å². The zero-order chi connectivity index (χ0) is 8.65. The molecule has 3 nitrogen and oxygen atoms in total. The topological polar surface area (TPSA) is 52.0 Å². The van der Waals surface area contributed by atoms with Gasteiger partial charge < -0.3 is 10.3 Å². The maximum Gasteiger partial charge on any atom is 0.181 e. The molecule has 0 spiro atoms. The zero-order valence-electron chi connectivity index (χ0n) is 6.81. The summed E-state index contributed by atoms with van der Waals surface area (Å²) in [6.45, 7) is 6.12. The van der Waals surface area contributed by atoms with Crippen molar-refractivity contribution in [1.82, 2.24) is 5.16 Å². The van der Waals surface area contributed by atoms with E-state index in [-0.39, 0.29) is 5.41 Å². The van der Waals surface area contributed by atoms with Crippen LogP contribution < -0.4 is 5.73 Å². The Morgan fingerprint density at radius 1 is 1.45 bits per heavy atom. The molecule has 0 aromatic carbocycles. The van der Waals surface area contributed by atoms with Gasteiger partial charge in [0.05, 0.1) is 0 Å². The van der Waals surface area contributed by atoms with Gasteiger partial charge >= 0.3 is 0 Å². The Morgan fingerprint density at radius 3 is 2.18 bits per heavy atom. The van der Waals surface area contributed by atoms with Crippen LogP contribution in [-0.4, -0.2) is 5.16 Å². The van der Waals surface area contributed by atoms with Crippen LogP contribution in [0.4, 0.5) is 5.82 Å². The summed E-state index contributed by atoms with van der Waals surface area (Å²) in [5.41, 5.74) is 5.43. The Balaban J connectivity index is 3.15. The lowest BCUT2D eigenvalue weighted by Gasteiger charge is -2.13. The molecule has 0 aliphatic carbocycles. The molecule has 1 heterocycles. The Labute approximate surface area is 74.1 Å². The molecule has 0 aliphatic rings. The minimum Gasteiger partial charge on any atom is -0.380 e. The van der Waals surface area contributed by atoms with Crippen molar-refractivity contribution in [3.05, 3.63) is 10.2 Å². The Bertz CT molecular complexity index is 262. The molecule has 0 unspecified atom stereocenters. The molecule has 2 N–H and O–H groups in total. The van der Waals surface area contributed by atoms with E-state index >= 15 is 0 Å². The lowest BCUT2D eigenvalue weighted by Crippen LogP contribution is -2.10. The summed E-state index contributed by atoms with van der Waals surface area (Å²) in [6.07, 6.45) is 0. The molecule has 0 atom stereocenters. The van der Waals surface area contributed by atoms with E-state index in [9.17, 15) is 0 Å². The van der Waals surface area contributed by atoms with E-state index in [2.05, 4.69) is 21.1 Å². The van der Waals surface area contributed by atoms with Crippen molar-refractivity contribution in [2.75, 3.05) is 5.73 Å². The fourth-order valence-electron chi connectivity index (χ4n) is 0.757. The van der Waals surface area contributed by atoms with Gasteiger partial charge in [-0.2, -0.15) is 0 Å². The van der Waals surface area contributed by atoms with Crippen LogP contribution in [0, 0.1) is 0 Å². The maximum absolute atomic E-state index is 5.49. The smallest absolute Gasteiger partial charge is 0.181 e. The first-order valence-electron chi connectivity index (χ1n) is 3.34. The number of hydrogen-bond donors (Lipinski definition) is 1. The van der Waals surface area contributed by atoms with Gasteiger partial charge in [0.25, 0.3) is 0 Å². The van der Waals surface area contributed by atoms with Crippen molar-refractivity contribution in [2.45, 2.75) is 26.2 Å². The minimum atomic E-state index is -0.0521. The number of anilines is 1. The van der Waals surface area contributed by atoms with Crippen molar-refractivity contribution in [1.29, 1.82) is 0 Å². The van der Waals surface area contributed by atoms with E-state index in [4.69, 9.17) is 10.3 Å². The Hall–Kier alpha value is -0.510. The lowest BCUT2D eigenvalue weighted by atomic mass is 9.93. The highest BCUT2D eigenvalue weighted by atomic mass is 79.9.